The van der Waals surface area contributed by atoms with Crippen LogP contribution < -0.4 is 5.56 Å². The van der Waals surface area contributed by atoms with E-state index in [1.807, 2.05) is 67.7 Å². The number of benzene rings is 3. The Labute approximate surface area is 199 Å². The molecular weight excluding hydrogens is 424 g/mol. The van der Waals surface area contributed by atoms with Crippen molar-refractivity contribution in [1.82, 2.24) is 9.47 Å². The zero-order chi connectivity index (χ0) is 24.2. The Balaban J connectivity index is 1.84. The Morgan fingerprint density at radius 3 is 2.44 bits per heavy atom. The first-order valence-electron chi connectivity index (χ1n) is 11.5. The number of carboxylic acids is 1. The molecule has 0 saturated carbocycles. The molecule has 174 valence electrons. The number of aromatic carboxylic acids is 1. The number of aryl methyl sites for hydroxylation is 2. The molecule has 1 heterocycles. The van der Waals surface area contributed by atoms with Gasteiger partial charge in [0.15, 0.2) is 0 Å². The third-order valence-corrected chi connectivity index (χ3v) is 6.21. The van der Waals surface area contributed by atoms with Gasteiger partial charge in [0.2, 0.25) is 0 Å². The lowest BCUT2D eigenvalue weighted by molar-refractivity contribution is 0.0697. The molecule has 0 unspecified atom stereocenters. The standard InChI is InChI=1S/C29H30N2O3/c1-20-11-12-23(29(33)34)17-26(20)22-13-14-25-27(16-22)24(10-7-15-30(2)3)19-31(28(25)32)18-21-8-5-4-6-9-21/h4-6,8-9,11-14,16-17,19H,7,10,15,18H2,1-3H3,(H,33,34). The van der Waals surface area contributed by atoms with Gasteiger partial charge in [-0.25, -0.2) is 4.79 Å². The van der Waals surface area contributed by atoms with E-state index >= 15 is 0 Å². The van der Waals surface area contributed by atoms with Gasteiger partial charge >= 0.3 is 5.97 Å². The second-order valence-corrected chi connectivity index (χ2v) is 9.08. The van der Waals surface area contributed by atoms with Crippen molar-refractivity contribution in [2.24, 2.45) is 0 Å². The molecule has 0 atom stereocenters. The molecule has 0 radical (unpaired) electrons. The van der Waals surface area contributed by atoms with Crippen molar-refractivity contribution in [3.8, 4) is 11.1 Å². The largest absolute Gasteiger partial charge is 0.478 e. The topological polar surface area (TPSA) is 62.5 Å². The molecule has 4 aromatic rings. The summed E-state index contributed by atoms with van der Waals surface area (Å²) < 4.78 is 1.80. The number of carbonyl (C=O) groups is 1. The highest BCUT2D eigenvalue weighted by molar-refractivity contribution is 5.92. The smallest absolute Gasteiger partial charge is 0.335 e. The van der Waals surface area contributed by atoms with Gasteiger partial charge in [0.05, 0.1) is 12.1 Å². The lowest BCUT2D eigenvalue weighted by Crippen LogP contribution is -2.22. The quantitative estimate of drug-likeness (QED) is 0.397. The molecule has 1 N–H and O–H groups in total. The van der Waals surface area contributed by atoms with Gasteiger partial charge < -0.3 is 14.6 Å². The van der Waals surface area contributed by atoms with E-state index in [1.165, 1.54) is 0 Å². The van der Waals surface area contributed by atoms with Crippen molar-refractivity contribution in [3.63, 3.8) is 0 Å². The second kappa shape index (κ2) is 10.1. The van der Waals surface area contributed by atoms with Crippen LogP contribution in [0.5, 0.6) is 0 Å². The van der Waals surface area contributed by atoms with E-state index < -0.39 is 5.97 Å². The highest BCUT2D eigenvalue weighted by Crippen LogP contribution is 2.29. The average molecular weight is 455 g/mol. The number of rotatable bonds is 8. The molecule has 0 amide bonds. The van der Waals surface area contributed by atoms with Gasteiger partial charge in [-0.15, -0.1) is 0 Å². The minimum atomic E-state index is -0.949. The predicted octanol–water partition coefficient (Wildman–Crippen LogP) is 5.22. The van der Waals surface area contributed by atoms with Crippen LogP contribution in [0, 0.1) is 6.92 Å². The molecule has 34 heavy (non-hydrogen) atoms. The summed E-state index contributed by atoms with van der Waals surface area (Å²) in [4.78, 5) is 27.1. The van der Waals surface area contributed by atoms with Crippen LogP contribution >= 0.6 is 0 Å². The van der Waals surface area contributed by atoms with E-state index in [0.717, 1.165) is 52.6 Å². The van der Waals surface area contributed by atoms with Crippen molar-refractivity contribution in [2.75, 3.05) is 20.6 Å². The van der Waals surface area contributed by atoms with Gasteiger partial charge in [0.25, 0.3) is 5.56 Å². The fourth-order valence-corrected chi connectivity index (χ4v) is 4.38. The van der Waals surface area contributed by atoms with E-state index in [1.54, 1.807) is 16.7 Å². The summed E-state index contributed by atoms with van der Waals surface area (Å²) >= 11 is 0. The van der Waals surface area contributed by atoms with Gasteiger partial charge in [-0.3, -0.25) is 4.79 Å². The lowest BCUT2D eigenvalue weighted by Gasteiger charge is -2.16. The van der Waals surface area contributed by atoms with Crippen molar-refractivity contribution in [1.29, 1.82) is 0 Å². The van der Waals surface area contributed by atoms with E-state index in [4.69, 9.17) is 0 Å². The van der Waals surface area contributed by atoms with Gasteiger partial charge in [0, 0.05) is 11.6 Å². The Morgan fingerprint density at radius 1 is 0.971 bits per heavy atom. The monoisotopic (exact) mass is 454 g/mol. The van der Waals surface area contributed by atoms with E-state index in [9.17, 15) is 14.7 Å². The zero-order valence-corrected chi connectivity index (χ0v) is 19.9. The van der Waals surface area contributed by atoms with Crippen molar-refractivity contribution in [3.05, 3.63) is 106 Å². The summed E-state index contributed by atoms with van der Waals surface area (Å²) in [7, 11) is 4.12. The van der Waals surface area contributed by atoms with Gasteiger partial charge in [-0.05, 0) is 97.9 Å². The van der Waals surface area contributed by atoms with Gasteiger partial charge in [-0.2, -0.15) is 0 Å². The average Bonchev–Trinajstić information content (AvgIpc) is 2.82. The van der Waals surface area contributed by atoms with Crippen molar-refractivity contribution < 1.29 is 9.90 Å². The Morgan fingerprint density at radius 2 is 1.74 bits per heavy atom. The van der Waals surface area contributed by atoms with Crippen LogP contribution in [0.3, 0.4) is 0 Å². The zero-order valence-electron chi connectivity index (χ0n) is 19.9. The Hall–Kier alpha value is -3.70. The number of hydrogen-bond donors (Lipinski definition) is 1. The second-order valence-electron chi connectivity index (χ2n) is 9.08. The highest BCUT2D eigenvalue weighted by Gasteiger charge is 2.13. The maximum absolute atomic E-state index is 13.4. The van der Waals surface area contributed by atoms with Crippen molar-refractivity contribution >= 4 is 16.7 Å². The summed E-state index contributed by atoms with van der Waals surface area (Å²) in [5.41, 5.74) is 5.23. The van der Waals surface area contributed by atoms with Crippen LogP contribution in [0.2, 0.25) is 0 Å². The maximum Gasteiger partial charge on any atom is 0.335 e. The molecule has 4 rings (SSSR count). The van der Waals surface area contributed by atoms with E-state index in [0.29, 0.717) is 11.9 Å². The molecule has 0 aliphatic carbocycles. The fraction of sp³-hybridized carbons (Fsp3) is 0.241. The fourth-order valence-electron chi connectivity index (χ4n) is 4.38. The van der Waals surface area contributed by atoms with Crippen LogP contribution in [0.25, 0.3) is 21.9 Å². The summed E-state index contributed by atoms with van der Waals surface area (Å²) in [5.74, 6) is -0.949. The van der Waals surface area contributed by atoms with Gasteiger partial charge in [0.1, 0.15) is 0 Å². The van der Waals surface area contributed by atoms with Gasteiger partial charge in [-0.1, -0.05) is 42.5 Å². The SMILES string of the molecule is Cc1ccc(C(=O)O)cc1-c1ccc2c(=O)n(Cc3ccccc3)cc(CCCN(C)C)c2c1. The Kier molecular flexibility index (Phi) is 6.94. The molecule has 1 aromatic heterocycles. The first-order valence-corrected chi connectivity index (χ1v) is 11.5. The molecule has 0 aliphatic heterocycles. The summed E-state index contributed by atoms with van der Waals surface area (Å²) in [6.07, 6.45) is 3.82. The van der Waals surface area contributed by atoms with Crippen LogP contribution in [-0.2, 0) is 13.0 Å². The number of hydrogen-bond acceptors (Lipinski definition) is 3. The molecule has 0 aliphatic rings. The summed E-state index contributed by atoms with van der Waals surface area (Å²) in [6, 6.07) is 21.0. The molecule has 0 fully saturated rings. The summed E-state index contributed by atoms with van der Waals surface area (Å²) in [5, 5.41) is 11.1. The van der Waals surface area contributed by atoms with Crippen molar-refractivity contribution in [2.45, 2.75) is 26.3 Å². The molecule has 0 spiro atoms. The minimum Gasteiger partial charge on any atom is -0.478 e. The van der Waals surface area contributed by atoms with E-state index in [2.05, 4.69) is 19.0 Å². The molecule has 0 bridgehead atoms. The highest BCUT2D eigenvalue weighted by atomic mass is 16.4. The normalized spacial score (nSPS) is 11.3. The molecular formula is C29H30N2O3. The van der Waals surface area contributed by atoms with Crippen LogP contribution in [-0.4, -0.2) is 41.2 Å². The maximum atomic E-state index is 13.4. The number of nitrogens with zero attached hydrogens (tertiary/aromatic N) is 2. The number of fused-ring (bicyclic) bond motifs is 1. The van der Waals surface area contributed by atoms with Crippen LogP contribution in [0.15, 0.2) is 77.7 Å². The Bertz CT molecular complexity index is 1390. The summed E-state index contributed by atoms with van der Waals surface area (Å²) in [6.45, 7) is 3.46. The van der Waals surface area contributed by atoms with E-state index in [-0.39, 0.29) is 11.1 Å². The third-order valence-electron chi connectivity index (χ3n) is 6.21. The molecule has 0 saturated heterocycles. The van der Waals surface area contributed by atoms with Crippen LogP contribution in [0.4, 0.5) is 0 Å². The predicted molar refractivity (Wildman–Crippen MR) is 138 cm³/mol. The molecule has 5 nitrogen and oxygen atoms in total. The third kappa shape index (κ3) is 5.10. The number of carboxylic acid groups (broad SMARTS) is 1. The minimum absolute atomic E-state index is 0.0160. The first-order chi connectivity index (χ1) is 16.3. The first kappa shape index (κ1) is 23.5. The lowest BCUT2D eigenvalue weighted by atomic mass is 9.94. The van der Waals surface area contributed by atoms with Crippen LogP contribution in [0.1, 0.15) is 33.5 Å². The molecule has 5 heteroatoms. The number of aromatic nitrogens is 1. The molecule has 3 aromatic carbocycles. The number of pyridine rings is 1.